The van der Waals surface area contributed by atoms with Gasteiger partial charge in [-0.1, -0.05) is 61.9 Å². The number of carbonyl (C=O) groups is 1. The Bertz CT molecular complexity index is 724. The lowest BCUT2D eigenvalue weighted by Gasteiger charge is -2.36. The highest BCUT2D eigenvalue weighted by Crippen LogP contribution is 2.34. The molecule has 2 aromatic rings. The molecule has 130 valence electrons. The van der Waals surface area contributed by atoms with E-state index in [0.717, 1.165) is 30.8 Å². The first-order chi connectivity index (χ1) is 12.3. The quantitative estimate of drug-likeness (QED) is 0.790. The van der Waals surface area contributed by atoms with Crippen LogP contribution in [0.15, 0.2) is 60.7 Å². The third kappa shape index (κ3) is 4.58. The molecule has 1 fully saturated rings. The second-order valence-electron chi connectivity index (χ2n) is 6.46. The number of piperidine rings is 1. The van der Waals surface area contributed by atoms with Gasteiger partial charge in [-0.3, -0.25) is 9.69 Å². The number of nitrogens with zero attached hydrogens (tertiary/aromatic N) is 1. The Labute approximate surface area is 150 Å². The summed E-state index contributed by atoms with van der Waals surface area (Å²) in [5, 5.41) is 3.07. The Hall–Kier alpha value is -2.39. The second-order valence-corrected chi connectivity index (χ2v) is 6.46. The number of benzene rings is 2. The average Bonchev–Trinajstić information content (AvgIpc) is 2.67. The molecule has 1 heterocycles. The number of nitrogens with one attached hydrogen (secondary N) is 1. The summed E-state index contributed by atoms with van der Waals surface area (Å²) in [7, 11) is 0. The van der Waals surface area contributed by atoms with Gasteiger partial charge in [-0.15, -0.1) is 0 Å². The van der Waals surface area contributed by atoms with Crippen LogP contribution in [0.2, 0.25) is 0 Å². The first kappa shape index (κ1) is 17.4. The first-order valence-corrected chi connectivity index (χ1v) is 9.15. The molecule has 1 unspecified atom stereocenters. The van der Waals surface area contributed by atoms with Gasteiger partial charge in [0.15, 0.2) is 0 Å². The third-order valence-electron chi connectivity index (χ3n) is 4.82. The zero-order valence-electron chi connectivity index (χ0n) is 14.8. The summed E-state index contributed by atoms with van der Waals surface area (Å²) in [5.74, 6) is -0.0878. The van der Waals surface area contributed by atoms with Crippen LogP contribution in [-0.4, -0.2) is 23.9 Å². The summed E-state index contributed by atoms with van der Waals surface area (Å²) >= 11 is 0. The topological polar surface area (TPSA) is 32.3 Å². The van der Waals surface area contributed by atoms with E-state index in [1.165, 1.54) is 18.4 Å². The maximum absolute atomic E-state index is 12.4. The molecule has 25 heavy (non-hydrogen) atoms. The lowest BCUT2D eigenvalue weighted by Crippen LogP contribution is -2.33. The van der Waals surface area contributed by atoms with Crippen molar-refractivity contribution in [3.63, 3.8) is 0 Å². The van der Waals surface area contributed by atoms with E-state index in [2.05, 4.69) is 29.3 Å². The molecule has 0 aliphatic carbocycles. The van der Waals surface area contributed by atoms with E-state index in [1.54, 1.807) is 6.08 Å². The molecule has 1 aliphatic heterocycles. The Balaban J connectivity index is 1.74. The minimum Gasteiger partial charge on any atom is -0.322 e. The van der Waals surface area contributed by atoms with E-state index in [0.29, 0.717) is 6.04 Å². The summed E-state index contributed by atoms with van der Waals surface area (Å²) in [6.07, 6.45) is 7.11. The fraction of sp³-hybridized carbons (Fsp3) is 0.318. The zero-order valence-corrected chi connectivity index (χ0v) is 14.8. The number of hydrogen-bond donors (Lipinski definition) is 1. The summed E-state index contributed by atoms with van der Waals surface area (Å²) in [6, 6.07) is 18.5. The summed E-state index contributed by atoms with van der Waals surface area (Å²) in [5.41, 5.74) is 3.18. The number of anilines is 1. The smallest absolute Gasteiger partial charge is 0.248 e. The highest BCUT2D eigenvalue weighted by atomic mass is 16.1. The maximum atomic E-state index is 12.4. The van der Waals surface area contributed by atoms with Gasteiger partial charge in [-0.2, -0.15) is 0 Å². The van der Waals surface area contributed by atoms with Gasteiger partial charge in [-0.05, 0) is 49.2 Å². The molecule has 0 bridgehead atoms. The van der Waals surface area contributed by atoms with Crippen molar-refractivity contribution in [3.8, 4) is 0 Å². The predicted octanol–water partition coefficient (Wildman–Crippen LogP) is 4.89. The van der Waals surface area contributed by atoms with E-state index >= 15 is 0 Å². The number of para-hydroxylation sites is 1. The van der Waals surface area contributed by atoms with Crippen molar-refractivity contribution in [2.75, 3.05) is 18.4 Å². The van der Waals surface area contributed by atoms with E-state index < -0.39 is 0 Å². The molecule has 2 aromatic carbocycles. The standard InChI is InChI=1S/C22H26N2O/c1-2-24-17-9-8-14-21(24)19-12-6-7-13-20(19)23-22(25)16-15-18-10-4-3-5-11-18/h3-7,10-13,15-16,21H,2,8-9,14,17H2,1H3,(H,23,25). The number of hydrogen-bond acceptors (Lipinski definition) is 2. The Morgan fingerprint density at radius 2 is 1.88 bits per heavy atom. The van der Waals surface area contributed by atoms with E-state index in [-0.39, 0.29) is 5.91 Å². The van der Waals surface area contributed by atoms with Gasteiger partial charge >= 0.3 is 0 Å². The van der Waals surface area contributed by atoms with E-state index in [4.69, 9.17) is 0 Å². The van der Waals surface area contributed by atoms with Crippen molar-refractivity contribution >= 4 is 17.7 Å². The molecule has 3 nitrogen and oxygen atoms in total. The number of likely N-dealkylation sites (tertiary alicyclic amines) is 1. The molecular formula is C22H26N2O. The molecule has 0 aromatic heterocycles. The van der Waals surface area contributed by atoms with Crippen LogP contribution in [0, 0.1) is 0 Å². The summed E-state index contributed by atoms with van der Waals surface area (Å²) in [4.78, 5) is 14.9. The maximum Gasteiger partial charge on any atom is 0.248 e. The zero-order chi connectivity index (χ0) is 17.5. The minimum absolute atomic E-state index is 0.0878. The molecule has 1 atom stereocenters. The van der Waals surface area contributed by atoms with E-state index in [1.807, 2.05) is 48.5 Å². The normalized spacial score (nSPS) is 18.4. The number of carbonyl (C=O) groups excluding carboxylic acids is 1. The van der Waals surface area contributed by atoms with Crippen LogP contribution in [0.25, 0.3) is 6.08 Å². The number of rotatable bonds is 5. The molecular weight excluding hydrogens is 308 g/mol. The fourth-order valence-electron chi connectivity index (χ4n) is 3.53. The van der Waals surface area contributed by atoms with Crippen LogP contribution in [0.4, 0.5) is 5.69 Å². The van der Waals surface area contributed by atoms with Crippen molar-refractivity contribution < 1.29 is 4.79 Å². The highest BCUT2D eigenvalue weighted by molar-refractivity contribution is 6.02. The highest BCUT2D eigenvalue weighted by Gasteiger charge is 2.24. The molecule has 0 spiro atoms. The monoisotopic (exact) mass is 334 g/mol. The van der Waals surface area contributed by atoms with Gasteiger partial charge in [0, 0.05) is 17.8 Å². The van der Waals surface area contributed by atoms with Crippen LogP contribution in [-0.2, 0) is 4.79 Å². The van der Waals surface area contributed by atoms with Gasteiger partial charge in [0.1, 0.15) is 0 Å². The summed E-state index contributed by atoms with van der Waals surface area (Å²) in [6.45, 7) is 4.39. The van der Waals surface area contributed by atoms with Gasteiger partial charge in [-0.25, -0.2) is 0 Å². The Morgan fingerprint density at radius 3 is 2.68 bits per heavy atom. The molecule has 3 heteroatoms. The number of amides is 1. The molecule has 0 saturated carbocycles. The molecule has 1 aliphatic rings. The third-order valence-corrected chi connectivity index (χ3v) is 4.82. The van der Waals surface area contributed by atoms with Crippen molar-refractivity contribution in [2.24, 2.45) is 0 Å². The van der Waals surface area contributed by atoms with Crippen LogP contribution >= 0.6 is 0 Å². The van der Waals surface area contributed by atoms with Crippen LogP contribution < -0.4 is 5.32 Å². The van der Waals surface area contributed by atoms with Gasteiger partial charge in [0.25, 0.3) is 0 Å². The van der Waals surface area contributed by atoms with Crippen molar-refractivity contribution in [2.45, 2.75) is 32.2 Å². The van der Waals surface area contributed by atoms with Gasteiger partial charge < -0.3 is 5.32 Å². The van der Waals surface area contributed by atoms with Gasteiger partial charge in [0.05, 0.1) is 0 Å². The molecule has 1 N–H and O–H groups in total. The van der Waals surface area contributed by atoms with Crippen molar-refractivity contribution in [1.29, 1.82) is 0 Å². The lowest BCUT2D eigenvalue weighted by molar-refractivity contribution is -0.111. The molecule has 0 radical (unpaired) electrons. The summed E-state index contributed by atoms with van der Waals surface area (Å²) < 4.78 is 0. The second kappa shape index (κ2) is 8.63. The molecule has 3 rings (SSSR count). The van der Waals surface area contributed by atoms with Crippen molar-refractivity contribution in [3.05, 3.63) is 71.8 Å². The van der Waals surface area contributed by atoms with Crippen LogP contribution in [0.1, 0.15) is 43.4 Å². The minimum atomic E-state index is -0.0878. The Kier molecular flexibility index (Phi) is 6.02. The predicted molar refractivity (Wildman–Crippen MR) is 104 cm³/mol. The molecule has 1 saturated heterocycles. The van der Waals surface area contributed by atoms with Crippen molar-refractivity contribution in [1.82, 2.24) is 4.90 Å². The average molecular weight is 334 g/mol. The SMILES string of the molecule is CCN1CCCCC1c1ccccc1NC(=O)C=Cc1ccccc1. The van der Waals surface area contributed by atoms with Crippen LogP contribution in [0.5, 0.6) is 0 Å². The molecule has 1 amide bonds. The van der Waals surface area contributed by atoms with E-state index in [9.17, 15) is 4.79 Å². The lowest BCUT2D eigenvalue weighted by atomic mass is 9.94. The Morgan fingerprint density at radius 1 is 1.12 bits per heavy atom. The fourth-order valence-corrected chi connectivity index (χ4v) is 3.53. The largest absolute Gasteiger partial charge is 0.322 e. The van der Waals surface area contributed by atoms with Gasteiger partial charge in [0.2, 0.25) is 5.91 Å². The van der Waals surface area contributed by atoms with Crippen LogP contribution in [0.3, 0.4) is 0 Å². The first-order valence-electron chi connectivity index (χ1n) is 9.15.